The molecule has 2 aliphatic rings. The van der Waals surface area contributed by atoms with Gasteiger partial charge in [0.25, 0.3) is 0 Å². The number of benzene rings is 1. The van der Waals surface area contributed by atoms with Gasteiger partial charge in [-0.05, 0) is 57.3 Å². The van der Waals surface area contributed by atoms with Crippen LogP contribution in [0.15, 0.2) is 6.07 Å². The highest BCUT2D eigenvalue weighted by Crippen LogP contribution is 2.44. The molecule has 0 radical (unpaired) electrons. The third kappa shape index (κ3) is 4.02. The van der Waals surface area contributed by atoms with Gasteiger partial charge in [-0.3, -0.25) is 9.69 Å². The first-order chi connectivity index (χ1) is 15.0. The largest absolute Gasteiger partial charge is 0.492 e. The van der Waals surface area contributed by atoms with E-state index in [1.54, 1.807) is 0 Å². The average molecular weight is 426 g/mol. The van der Waals surface area contributed by atoms with Crippen LogP contribution in [0.1, 0.15) is 61.4 Å². The maximum absolute atomic E-state index is 11.7. The van der Waals surface area contributed by atoms with Gasteiger partial charge in [0.2, 0.25) is 0 Å². The lowest BCUT2D eigenvalue weighted by Crippen LogP contribution is -2.37. The zero-order valence-electron chi connectivity index (χ0n) is 18.4. The van der Waals surface area contributed by atoms with Gasteiger partial charge >= 0.3 is 5.97 Å². The van der Waals surface area contributed by atoms with Crippen molar-refractivity contribution in [3.8, 4) is 11.8 Å². The summed E-state index contributed by atoms with van der Waals surface area (Å²) < 4.78 is 12.2. The number of likely N-dealkylation sites (tertiary alicyclic amines) is 1. The molecule has 0 amide bonds. The van der Waals surface area contributed by atoms with Gasteiger partial charge in [0.1, 0.15) is 18.0 Å². The minimum Gasteiger partial charge on any atom is -0.492 e. The average Bonchev–Trinajstić information content (AvgIpc) is 3.38. The van der Waals surface area contributed by atoms with E-state index in [2.05, 4.69) is 16.0 Å². The molecule has 1 unspecified atom stereocenters. The summed E-state index contributed by atoms with van der Waals surface area (Å²) in [5, 5.41) is 20.4. The van der Waals surface area contributed by atoms with Gasteiger partial charge in [-0.1, -0.05) is 13.3 Å². The first kappa shape index (κ1) is 21.7. The Balaban J connectivity index is 1.74. The molecular weight excluding hydrogens is 394 g/mol. The first-order valence-corrected chi connectivity index (χ1v) is 11.3. The molecule has 1 aromatic carbocycles. The lowest BCUT2D eigenvalue weighted by Gasteiger charge is -2.36. The van der Waals surface area contributed by atoms with E-state index in [0.29, 0.717) is 37.4 Å². The number of carboxylic acid groups (broad SMARTS) is 1. The monoisotopic (exact) mass is 425 g/mol. The van der Waals surface area contributed by atoms with Crippen molar-refractivity contribution in [3.63, 3.8) is 0 Å². The zero-order valence-corrected chi connectivity index (χ0v) is 18.4. The molecule has 2 N–H and O–H groups in total. The van der Waals surface area contributed by atoms with E-state index < -0.39 is 11.6 Å². The molecule has 166 valence electrons. The second-order valence-electron chi connectivity index (χ2n) is 8.70. The number of nitrogens with one attached hydrogen (secondary N) is 1. The van der Waals surface area contributed by atoms with Gasteiger partial charge in [-0.15, -0.1) is 0 Å². The van der Waals surface area contributed by atoms with Crippen LogP contribution in [0.4, 0.5) is 0 Å². The normalized spacial score (nSPS) is 21.2. The summed E-state index contributed by atoms with van der Waals surface area (Å²) in [5.74, 6) is -0.176. The van der Waals surface area contributed by atoms with Crippen molar-refractivity contribution < 1.29 is 19.4 Å². The number of aromatic amines is 1. The number of rotatable bonds is 8. The van der Waals surface area contributed by atoms with E-state index in [-0.39, 0.29) is 6.42 Å². The minimum absolute atomic E-state index is 0.0964. The Morgan fingerprint density at radius 1 is 1.42 bits per heavy atom. The highest BCUT2D eigenvalue weighted by molar-refractivity contribution is 5.94. The number of fused-ring (bicyclic) bond motifs is 3. The molecule has 1 fully saturated rings. The molecule has 2 aliphatic heterocycles. The van der Waals surface area contributed by atoms with Crippen LogP contribution in [-0.4, -0.2) is 53.8 Å². The molecule has 0 saturated carbocycles. The van der Waals surface area contributed by atoms with Crippen molar-refractivity contribution in [3.05, 3.63) is 28.5 Å². The Kier molecular flexibility index (Phi) is 6.22. The number of carbonyl (C=O) groups is 1. The number of nitriles is 1. The number of aliphatic carboxylic acids is 1. The molecule has 0 aliphatic carbocycles. The van der Waals surface area contributed by atoms with E-state index in [1.807, 2.05) is 19.9 Å². The number of hydrogen-bond acceptors (Lipinski definition) is 5. The molecule has 3 heterocycles. The fourth-order valence-corrected chi connectivity index (χ4v) is 5.21. The van der Waals surface area contributed by atoms with Crippen LogP contribution < -0.4 is 4.74 Å². The van der Waals surface area contributed by atoms with Crippen LogP contribution in [0.5, 0.6) is 5.75 Å². The number of ether oxygens (including phenoxy) is 2. The van der Waals surface area contributed by atoms with Gasteiger partial charge in [0.15, 0.2) is 0 Å². The van der Waals surface area contributed by atoms with Crippen molar-refractivity contribution in [2.45, 2.75) is 58.0 Å². The molecule has 1 saturated heterocycles. The first-order valence-electron chi connectivity index (χ1n) is 11.3. The second kappa shape index (κ2) is 8.89. The van der Waals surface area contributed by atoms with Crippen molar-refractivity contribution in [2.24, 2.45) is 0 Å². The third-order valence-corrected chi connectivity index (χ3v) is 6.65. The van der Waals surface area contributed by atoms with Crippen LogP contribution in [0.2, 0.25) is 0 Å². The fourth-order valence-electron chi connectivity index (χ4n) is 5.21. The van der Waals surface area contributed by atoms with Crippen molar-refractivity contribution in [2.75, 3.05) is 32.8 Å². The number of aryl methyl sites for hydroxylation is 1. The molecule has 4 rings (SSSR count). The van der Waals surface area contributed by atoms with Gasteiger partial charge in [-0.2, -0.15) is 5.26 Å². The van der Waals surface area contributed by atoms with Gasteiger partial charge in [-0.25, -0.2) is 0 Å². The topological polar surface area (TPSA) is 98.6 Å². The van der Waals surface area contributed by atoms with Crippen LogP contribution in [-0.2, 0) is 21.6 Å². The van der Waals surface area contributed by atoms with Crippen molar-refractivity contribution in [1.29, 1.82) is 5.26 Å². The van der Waals surface area contributed by atoms with E-state index in [0.717, 1.165) is 53.8 Å². The predicted octanol–water partition coefficient (Wildman–Crippen LogP) is 3.87. The number of carboxylic acids is 1. The number of H-pyrrole nitrogens is 1. The van der Waals surface area contributed by atoms with E-state index >= 15 is 0 Å². The predicted molar refractivity (Wildman–Crippen MR) is 117 cm³/mol. The Bertz CT molecular complexity index is 1020. The number of nitrogens with zero attached hydrogens (tertiary/aromatic N) is 2. The molecule has 7 nitrogen and oxygen atoms in total. The van der Waals surface area contributed by atoms with Crippen LogP contribution in [0.25, 0.3) is 10.9 Å². The summed E-state index contributed by atoms with van der Waals surface area (Å²) in [7, 11) is 0. The molecule has 1 aromatic heterocycles. The number of hydrogen-bond donors (Lipinski definition) is 2. The fraction of sp³-hybridized carbons (Fsp3) is 0.583. The van der Waals surface area contributed by atoms with Crippen LogP contribution in [0, 0.1) is 18.3 Å². The quantitative estimate of drug-likeness (QED) is 0.666. The minimum atomic E-state index is -0.886. The summed E-state index contributed by atoms with van der Waals surface area (Å²) in [4.78, 5) is 17.6. The van der Waals surface area contributed by atoms with Crippen LogP contribution >= 0.6 is 0 Å². The Morgan fingerprint density at radius 2 is 2.19 bits per heavy atom. The van der Waals surface area contributed by atoms with Crippen molar-refractivity contribution in [1.82, 2.24) is 9.88 Å². The second-order valence-corrected chi connectivity index (χ2v) is 8.70. The molecule has 2 aromatic rings. The van der Waals surface area contributed by atoms with E-state index in [4.69, 9.17) is 9.47 Å². The van der Waals surface area contributed by atoms with Crippen LogP contribution in [0.3, 0.4) is 0 Å². The summed E-state index contributed by atoms with van der Waals surface area (Å²) >= 11 is 0. The molecule has 31 heavy (non-hydrogen) atoms. The van der Waals surface area contributed by atoms with Crippen molar-refractivity contribution >= 4 is 16.9 Å². The maximum atomic E-state index is 11.7. The van der Waals surface area contributed by atoms with Gasteiger partial charge < -0.3 is 19.6 Å². The summed E-state index contributed by atoms with van der Waals surface area (Å²) in [6.45, 7) is 8.18. The summed E-state index contributed by atoms with van der Waals surface area (Å²) in [6, 6.07) is 4.18. The zero-order chi connectivity index (χ0) is 22.0. The smallest absolute Gasteiger partial charge is 0.306 e. The Morgan fingerprint density at radius 3 is 2.87 bits per heavy atom. The lowest BCUT2D eigenvalue weighted by molar-refractivity contribution is -0.149. The molecule has 7 heteroatoms. The van der Waals surface area contributed by atoms with Gasteiger partial charge in [0.05, 0.1) is 35.9 Å². The molecule has 1 atom stereocenters. The standard InChI is InChI=1S/C24H31N3O4/c1-3-7-24(14-20(28)29)23-18(6-11-31-24)21-17(15-25)13-19(16(2)22(21)26-23)30-12-10-27-8-4-5-9-27/h13,26H,3-12,14H2,1-2H3,(H,28,29). The summed E-state index contributed by atoms with van der Waals surface area (Å²) in [6.07, 6.45) is 4.46. The summed E-state index contributed by atoms with van der Waals surface area (Å²) in [5.41, 5.74) is 3.31. The third-order valence-electron chi connectivity index (χ3n) is 6.65. The maximum Gasteiger partial charge on any atom is 0.306 e. The molecular formula is C24H31N3O4. The SMILES string of the molecule is CCCC1(CC(=O)O)OCCc2c1[nH]c1c(C)c(OCCN3CCCC3)cc(C#N)c21. The highest BCUT2D eigenvalue weighted by Gasteiger charge is 2.42. The lowest BCUT2D eigenvalue weighted by atomic mass is 9.84. The number of aromatic nitrogens is 1. The molecule has 0 spiro atoms. The molecule has 0 bridgehead atoms. The highest BCUT2D eigenvalue weighted by atomic mass is 16.5. The van der Waals surface area contributed by atoms with Gasteiger partial charge in [0, 0.05) is 17.5 Å². The van der Waals surface area contributed by atoms with E-state index in [1.165, 1.54) is 12.8 Å². The Labute approximate surface area is 182 Å². The Hall–Kier alpha value is -2.56. The van der Waals surface area contributed by atoms with E-state index in [9.17, 15) is 15.2 Å².